The second-order valence-corrected chi connectivity index (χ2v) is 6.85. The zero-order chi connectivity index (χ0) is 14.8. The summed E-state index contributed by atoms with van der Waals surface area (Å²) in [5, 5.41) is 12.4. The monoisotopic (exact) mass is 367 g/mol. The molecule has 2 aromatic rings. The molecular weight excluding hydrogens is 354 g/mol. The van der Waals surface area contributed by atoms with Gasteiger partial charge in [-0.1, -0.05) is 27.3 Å². The Morgan fingerprint density at radius 1 is 1.38 bits per heavy atom. The molecule has 1 aliphatic rings. The highest BCUT2D eigenvalue weighted by Gasteiger charge is 2.28. The third-order valence-electron chi connectivity index (χ3n) is 3.09. The standard InChI is InChI=1S/C14H14BrN3O2S/c1-8(20-11-6-4-10(15)5-7-11)12(19)16-14-18-17-13(21-14)9-2-3-9/h4-9H,2-3H2,1H3,(H,16,18,19)/t8-/m1/s1. The Bertz CT molecular complexity index is 640. The third kappa shape index (κ3) is 3.79. The summed E-state index contributed by atoms with van der Waals surface area (Å²) in [6.07, 6.45) is 1.75. The Hall–Kier alpha value is -1.47. The van der Waals surface area contributed by atoms with Crippen molar-refractivity contribution in [2.45, 2.75) is 31.8 Å². The number of carbonyl (C=O) groups excluding carboxylic acids is 1. The van der Waals surface area contributed by atoms with Crippen molar-refractivity contribution in [2.24, 2.45) is 0 Å². The lowest BCUT2D eigenvalue weighted by Gasteiger charge is -2.13. The molecule has 1 saturated carbocycles. The number of nitrogens with zero attached hydrogens (tertiary/aromatic N) is 2. The van der Waals surface area contributed by atoms with Gasteiger partial charge in [-0.05, 0) is 44.0 Å². The number of halogens is 1. The molecule has 1 aromatic carbocycles. The van der Waals surface area contributed by atoms with E-state index in [1.807, 2.05) is 24.3 Å². The van der Waals surface area contributed by atoms with E-state index in [2.05, 4.69) is 31.4 Å². The van der Waals surface area contributed by atoms with E-state index in [1.54, 1.807) is 6.92 Å². The molecule has 0 radical (unpaired) electrons. The molecule has 1 aromatic heterocycles. The summed E-state index contributed by atoms with van der Waals surface area (Å²) in [6, 6.07) is 7.35. The second-order valence-electron chi connectivity index (χ2n) is 4.92. The van der Waals surface area contributed by atoms with Crippen molar-refractivity contribution in [3.63, 3.8) is 0 Å². The first kappa shape index (κ1) is 14.5. The molecule has 0 saturated heterocycles. The number of aromatic nitrogens is 2. The fourth-order valence-electron chi connectivity index (χ4n) is 1.76. The summed E-state index contributed by atoms with van der Waals surface area (Å²) in [5.74, 6) is 0.970. The van der Waals surface area contributed by atoms with Gasteiger partial charge in [-0.15, -0.1) is 10.2 Å². The fraction of sp³-hybridized carbons (Fsp3) is 0.357. The van der Waals surface area contributed by atoms with Crippen LogP contribution in [0.2, 0.25) is 0 Å². The maximum atomic E-state index is 12.1. The fourth-order valence-corrected chi connectivity index (χ4v) is 2.94. The third-order valence-corrected chi connectivity index (χ3v) is 4.62. The average Bonchev–Trinajstić information content (AvgIpc) is 3.22. The number of amides is 1. The predicted molar refractivity (Wildman–Crippen MR) is 84.7 cm³/mol. The Kier molecular flexibility index (Phi) is 4.21. The summed E-state index contributed by atoms with van der Waals surface area (Å²) >= 11 is 4.80. The van der Waals surface area contributed by atoms with Crippen molar-refractivity contribution in [3.05, 3.63) is 33.7 Å². The maximum Gasteiger partial charge on any atom is 0.266 e. The van der Waals surface area contributed by atoms with Crippen LogP contribution in [-0.2, 0) is 4.79 Å². The highest BCUT2D eigenvalue weighted by molar-refractivity contribution is 9.10. The molecule has 1 heterocycles. The molecule has 5 nitrogen and oxygen atoms in total. The number of ether oxygens (including phenoxy) is 1. The molecular formula is C14H14BrN3O2S. The molecule has 1 N–H and O–H groups in total. The Balaban J connectivity index is 1.57. The van der Waals surface area contributed by atoms with Gasteiger partial charge in [0.15, 0.2) is 6.10 Å². The molecule has 0 unspecified atom stereocenters. The molecule has 0 aliphatic heterocycles. The Labute approximate surface area is 134 Å². The van der Waals surface area contributed by atoms with Crippen molar-refractivity contribution < 1.29 is 9.53 Å². The summed E-state index contributed by atoms with van der Waals surface area (Å²) in [4.78, 5) is 12.1. The lowest BCUT2D eigenvalue weighted by atomic mass is 10.3. The van der Waals surface area contributed by atoms with Gasteiger partial charge in [-0.25, -0.2) is 0 Å². The summed E-state index contributed by atoms with van der Waals surface area (Å²) < 4.78 is 6.56. The zero-order valence-electron chi connectivity index (χ0n) is 11.4. The Morgan fingerprint density at radius 2 is 2.10 bits per heavy atom. The number of nitrogens with one attached hydrogen (secondary N) is 1. The van der Waals surface area contributed by atoms with Crippen LogP contribution < -0.4 is 10.1 Å². The van der Waals surface area contributed by atoms with Crippen LogP contribution >= 0.6 is 27.3 Å². The lowest BCUT2D eigenvalue weighted by molar-refractivity contribution is -0.122. The van der Waals surface area contributed by atoms with Crippen molar-refractivity contribution in [1.82, 2.24) is 10.2 Å². The van der Waals surface area contributed by atoms with Crippen LogP contribution in [0.3, 0.4) is 0 Å². The summed E-state index contributed by atoms with van der Waals surface area (Å²) in [5.41, 5.74) is 0. The van der Waals surface area contributed by atoms with Crippen LogP contribution in [0.5, 0.6) is 5.75 Å². The largest absolute Gasteiger partial charge is 0.481 e. The number of carbonyl (C=O) groups is 1. The maximum absolute atomic E-state index is 12.1. The highest BCUT2D eigenvalue weighted by Crippen LogP contribution is 2.42. The minimum atomic E-state index is -0.598. The van der Waals surface area contributed by atoms with Crippen LogP contribution in [0.15, 0.2) is 28.7 Å². The van der Waals surface area contributed by atoms with Crippen LogP contribution in [0.25, 0.3) is 0 Å². The van der Waals surface area contributed by atoms with Gasteiger partial charge in [-0.3, -0.25) is 10.1 Å². The minimum Gasteiger partial charge on any atom is -0.481 e. The molecule has 110 valence electrons. The molecule has 1 fully saturated rings. The first-order valence-corrected chi connectivity index (χ1v) is 8.29. The number of rotatable bonds is 5. The number of hydrogen-bond acceptors (Lipinski definition) is 5. The quantitative estimate of drug-likeness (QED) is 0.876. The predicted octanol–water partition coefficient (Wildman–Crippen LogP) is 3.58. The van der Waals surface area contributed by atoms with Gasteiger partial charge >= 0.3 is 0 Å². The number of hydrogen-bond donors (Lipinski definition) is 1. The van der Waals surface area contributed by atoms with Gasteiger partial charge in [-0.2, -0.15) is 0 Å². The molecule has 7 heteroatoms. The second kappa shape index (κ2) is 6.11. The van der Waals surface area contributed by atoms with Crippen LogP contribution in [0, 0.1) is 0 Å². The number of anilines is 1. The normalized spacial score (nSPS) is 15.5. The zero-order valence-corrected chi connectivity index (χ0v) is 13.8. The van der Waals surface area contributed by atoms with Gasteiger partial charge in [0, 0.05) is 10.4 Å². The SMILES string of the molecule is C[C@@H](Oc1ccc(Br)cc1)C(=O)Nc1nnc(C2CC2)s1. The van der Waals surface area contributed by atoms with E-state index < -0.39 is 6.10 Å². The van der Waals surface area contributed by atoms with E-state index >= 15 is 0 Å². The average molecular weight is 368 g/mol. The highest BCUT2D eigenvalue weighted by atomic mass is 79.9. The van der Waals surface area contributed by atoms with Crippen LogP contribution in [0.4, 0.5) is 5.13 Å². The van der Waals surface area contributed by atoms with Gasteiger partial charge in [0.2, 0.25) is 5.13 Å². The molecule has 1 amide bonds. The topological polar surface area (TPSA) is 64.1 Å². The van der Waals surface area contributed by atoms with Crippen LogP contribution in [0.1, 0.15) is 30.7 Å². The molecule has 3 rings (SSSR count). The van der Waals surface area contributed by atoms with E-state index in [0.29, 0.717) is 16.8 Å². The molecule has 1 atom stereocenters. The van der Waals surface area contributed by atoms with Crippen molar-refractivity contribution in [2.75, 3.05) is 5.32 Å². The first-order chi connectivity index (χ1) is 10.1. The van der Waals surface area contributed by atoms with Gasteiger partial charge in [0.25, 0.3) is 5.91 Å². The van der Waals surface area contributed by atoms with Crippen molar-refractivity contribution in [1.29, 1.82) is 0 Å². The molecule has 21 heavy (non-hydrogen) atoms. The van der Waals surface area contributed by atoms with E-state index in [1.165, 1.54) is 24.2 Å². The van der Waals surface area contributed by atoms with E-state index in [9.17, 15) is 4.79 Å². The summed E-state index contributed by atoms with van der Waals surface area (Å²) in [7, 11) is 0. The van der Waals surface area contributed by atoms with Gasteiger partial charge in [0.05, 0.1) is 0 Å². The molecule has 1 aliphatic carbocycles. The van der Waals surface area contributed by atoms with E-state index in [0.717, 1.165) is 9.48 Å². The number of benzene rings is 1. The first-order valence-electron chi connectivity index (χ1n) is 6.68. The van der Waals surface area contributed by atoms with Crippen molar-refractivity contribution in [3.8, 4) is 5.75 Å². The van der Waals surface area contributed by atoms with Gasteiger partial charge in [0.1, 0.15) is 10.8 Å². The van der Waals surface area contributed by atoms with Crippen molar-refractivity contribution >= 4 is 38.3 Å². The Morgan fingerprint density at radius 3 is 2.76 bits per heavy atom. The molecule has 0 bridgehead atoms. The lowest BCUT2D eigenvalue weighted by Crippen LogP contribution is -2.30. The minimum absolute atomic E-state index is 0.226. The van der Waals surface area contributed by atoms with Crippen LogP contribution in [-0.4, -0.2) is 22.2 Å². The van der Waals surface area contributed by atoms with Gasteiger partial charge < -0.3 is 4.74 Å². The van der Waals surface area contributed by atoms with E-state index in [4.69, 9.17) is 4.74 Å². The van der Waals surface area contributed by atoms with E-state index in [-0.39, 0.29) is 5.91 Å². The summed E-state index contributed by atoms with van der Waals surface area (Å²) in [6.45, 7) is 1.71. The smallest absolute Gasteiger partial charge is 0.266 e. The molecule has 0 spiro atoms.